The highest BCUT2D eigenvalue weighted by molar-refractivity contribution is 7.89. The molecule has 166 valence electrons. The molecule has 32 heavy (non-hydrogen) atoms. The van der Waals surface area contributed by atoms with Crippen molar-refractivity contribution in [1.82, 2.24) is 4.41 Å². The van der Waals surface area contributed by atoms with Crippen LogP contribution in [0, 0.1) is 0 Å². The number of hydrogen-bond donors (Lipinski definition) is 0. The first-order chi connectivity index (χ1) is 15.5. The second kappa shape index (κ2) is 8.92. The maximum absolute atomic E-state index is 13.6. The second-order valence-electron chi connectivity index (χ2n) is 7.18. The van der Waals surface area contributed by atoms with Crippen molar-refractivity contribution in [3.05, 3.63) is 83.9 Å². The molecule has 1 unspecified atom stereocenters. The van der Waals surface area contributed by atoms with E-state index in [2.05, 4.69) is 5.10 Å². The smallest absolute Gasteiger partial charge is 0.279 e. The number of sulfonamides is 1. The summed E-state index contributed by atoms with van der Waals surface area (Å²) in [6.07, 6.45) is 0.398. The van der Waals surface area contributed by atoms with Gasteiger partial charge in [0.05, 0.1) is 38.0 Å². The first kappa shape index (κ1) is 21.7. The number of nitrogens with zero attached hydrogens (tertiary/aromatic N) is 2. The average Bonchev–Trinajstić information content (AvgIpc) is 3.30. The Kier molecular flexibility index (Phi) is 6.05. The summed E-state index contributed by atoms with van der Waals surface area (Å²) in [6.45, 7) is 0. The number of hydrogen-bond acceptors (Lipinski definition) is 6. The molecule has 1 heterocycles. The van der Waals surface area contributed by atoms with Crippen molar-refractivity contribution in [2.75, 3.05) is 21.3 Å². The molecule has 0 saturated carbocycles. The van der Waals surface area contributed by atoms with E-state index < -0.39 is 16.1 Å². The van der Waals surface area contributed by atoms with Crippen molar-refractivity contribution in [2.45, 2.75) is 17.4 Å². The summed E-state index contributed by atoms with van der Waals surface area (Å²) in [5.41, 5.74) is 2.24. The van der Waals surface area contributed by atoms with Gasteiger partial charge in [-0.3, -0.25) is 0 Å². The van der Waals surface area contributed by atoms with Crippen molar-refractivity contribution in [3.63, 3.8) is 0 Å². The fourth-order valence-corrected chi connectivity index (χ4v) is 5.21. The van der Waals surface area contributed by atoms with E-state index in [1.54, 1.807) is 42.5 Å². The van der Waals surface area contributed by atoms with Gasteiger partial charge in [0.2, 0.25) is 5.75 Å². The predicted octanol–water partition coefficient (Wildman–Crippen LogP) is 4.25. The molecule has 0 fully saturated rings. The van der Waals surface area contributed by atoms with Gasteiger partial charge in [0.1, 0.15) is 0 Å². The van der Waals surface area contributed by atoms with E-state index >= 15 is 0 Å². The van der Waals surface area contributed by atoms with Gasteiger partial charge in [-0.05, 0) is 35.4 Å². The topological polar surface area (TPSA) is 77.4 Å². The van der Waals surface area contributed by atoms with Gasteiger partial charge < -0.3 is 14.2 Å². The van der Waals surface area contributed by atoms with Crippen molar-refractivity contribution in [3.8, 4) is 17.2 Å². The Morgan fingerprint density at radius 2 is 1.41 bits per heavy atom. The minimum atomic E-state index is -3.90. The third-order valence-electron chi connectivity index (χ3n) is 5.34. The molecule has 0 saturated heterocycles. The summed E-state index contributed by atoms with van der Waals surface area (Å²) in [6, 6.07) is 20.8. The quantitative estimate of drug-likeness (QED) is 0.536. The average molecular weight is 453 g/mol. The minimum absolute atomic E-state index is 0.176. The standard InChI is InChI=1S/C24H24N2O5S/c1-29-22-14-18(15-23(30-2)24(22)31-3)21-16-20(17-10-6-4-7-11-17)25-26(21)32(27,28)19-12-8-5-9-13-19/h4-15,21H,16H2,1-3H3. The molecule has 8 heteroatoms. The fraction of sp³-hybridized carbons (Fsp3) is 0.208. The molecule has 1 atom stereocenters. The molecule has 3 aromatic carbocycles. The van der Waals surface area contributed by atoms with Crippen LogP contribution in [0.1, 0.15) is 23.6 Å². The van der Waals surface area contributed by atoms with Gasteiger partial charge in [-0.1, -0.05) is 48.5 Å². The minimum Gasteiger partial charge on any atom is -0.493 e. The number of ether oxygens (including phenoxy) is 3. The van der Waals surface area contributed by atoms with E-state index in [0.717, 1.165) is 5.56 Å². The molecule has 0 amide bonds. The van der Waals surface area contributed by atoms with E-state index in [-0.39, 0.29) is 4.90 Å². The largest absolute Gasteiger partial charge is 0.493 e. The van der Waals surface area contributed by atoms with E-state index in [4.69, 9.17) is 14.2 Å². The highest BCUT2D eigenvalue weighted by Gasteiger charge is 2.38. The van der Waals surface area contributed by atoms with Crippen molar-refractivity contribution in [2.24, 2.45) is 5.10 Å². The van der Waals surface area contributed by atoms with E-state index in [9.17, 15) is 8.42 Å². The van der Waals surface area contributed by atoms with Gasteiger partial charge in [0.15, 0.2) is 11.5 Å². The maximum Gasteiger partial charge on any atom is 0.279 e. The van der Waals surface area contributed by atoms with Crippen LogP contribution in [-0.2, 0) is 10.0 Å². The highest BCUT2D eigenvalue weighted by atomic mass is 32.2. The van der Waals surface area contributed by atoms with Crippen LogP contribution < -0.4 is 14.2 Å². The van der Waals surface area contributed by atoms with Crippen molar-refractivity contribution in [1.29, 1.82) is 0 Å². The zero-order chi connectivity index (χ0) is 22.7. The first-order valence-electron chi connectivity index (χ1n) is 10.0. The lowest BCUT2D eigenvalue weighted by molar-refractivity contribution is 0.319. The molecule has 3 aromatic rings. The van der Waals surface area contributed by atoms with Crippen LogP contribution in [-0.4, -0.2) is 39.9 Å². The molecule has 7 nitrogen and oxygen atoms in total. The Morgan fingerprint density at radius 1 is 0.844 bits per heavy atom. The van der Waals surface area contributed by atoms with Crippen LogP contribution in [0.3, 0.4) is 0 Å². The Bertz CT molecular complexity index is 1200. The van der Waals surface area contributed by atoms with Gasteiger partial charge in [-0.2, -0.15) is 17.9 Å². The molecular weight excluding hydrogens is 428 g/mol. The lowest BCUT2D eigenvalue weighted by Gasteiger charge is -2.24. The summed E-state index contributed by atoms with van der Waals surface area (Å²) in [5, 5.41) is 4.57. The number of methoxy groups -OCH3 is 3. The molecule has 1 aliphatic rings. The third kappa shape index (κ3) is 3.89. The molecule has 0 N–H and O–H groups in total. The molecule has 4 rings (SSSR count). The van der Waals surface area contributed by atoms with E-state index in [0.29, 0.717) is 34.9 Å². The van der Waals surface area contributed by atoms with Crippen LogP contribution in [0.15, 0.2) is 82.8 Å². The van der Waals surface area contributed by atoms with Gasteiger partial charge in [-0.15, -0.1) is 0 Å². The van der Waals surface area contributed by atoms with E-state index in [1.807, 2.05) is 30.3 Å². The van der Waals surface area contributed by atoms with Crippen LogP contribution in [0.4, 0.5) is 0 Å². The summed E-state index contributed by atoms with van der Waals surface area (Å²) >= 11 is 0. The fourth-order valence-electron chi connectivity index (χ4n) is 3.76. The van der Waals surface area contributed by atoms with Crippen LogP contribution in [0.5, 0.6) is 17.2 Å². The summed E-state index contributed by atoms with van der Waals surface area (Å²) < 4.78 is 44.7. The Labute approximate surface area is 187 Å². The Morgan fingerprint density at radius 3 is 1.94 bits per heavy atom. The molecule has 1 aliphatic heterocycles. The molecule has 0 spiro atoms. The second-order valence-corrected chi connectivity index (χ2v) is 8.98. The van der Waals surface area contributed by atoms with Gasteiger partial charge in [0, 0.05) is 6.42 Å². The van der Waals surface area contributed by atoms with Crippen LogP contribution in [0.2, 0.25) is 0 Å². The monoisotopic (exact) mass is 452 g/mol. The van der Waals surface area contributed by atoms with Gasteiger partial charge in [0.25, 0.3) is 10.0 Å². The lowest BCUT2D eigenvalue weighted by Crippen LogP contribution is -2.27. The van der Waals surface area contributed by atoms with Gasteiger partial charge >= 0.3 is 0 Å². The predicted molar refractivity (Wildman–Crippen MR) is 122 cm³/mol. The van der Waals surface area contributed by atoms with E-state index in [1.165, 1.54) is 25.7 Å². The third-order valence-corrected chi connectivity index (χ3v) is 7.04. The van der Waals surface area contributed by atoms with Crippen LogP contribution >= 0.6 is 0 Å². The summed E-state index contributed by atoms with van der Waals surface area (Å²) in [7, 11) is 0.683. The summed E-state index contributed by atoms with van der Waals surface area (Å²) in [4.78, 5) is 0.176. The SMILES string of the molecule is COc1cc(C2CC(c3ccccc3)=NN2S(=O)(=O)c2ccccc2)cc(OC)c1OC. The van der Waals surface area contributed by atoms with Crippen LogP contribution in [0.25, 0.3) is 0 Å². The zero-order valence-corrected chi connectivity index (χ0v) is 18.9. The first-order valence-corrected chi connectivity index (χ1v) is 11.5. The number of benzene rings is 3. The van der Waals surface area contributed by atoms with Crippen molar-refractivity contribution < 1.29 is 22.6 Å². The number of rotatable bonds is 7. The molecule has 0 radical (unpaired) electrons. The number of hydrazone groups is 1. The van der Waals surface area contributed by atoms with Crippen molar-refractivity contribution >= 4 is 15.7 Å². The van der Waals surface area contributed by atoms with Gasteiger partial charge in [-0.25, -0.2) is 0 Å². The normalized spacial score (nSPS) is 15.9. The molecular formula is C24H24N2O5S. The Hall–Kier alpha value is -3.52. The highest BCUT2D eigenvalue weighted by Crippen LogP contribution is 2.44. The molecule has 0 bridgehead atoms. The zero-order valence-electron chi connectivity index (χ0n) is 18.1. The molecule has 0 aliphatic carbocycles. The Balaban J connectivity index is 1.85. The summed E-state index contributed by atoms with van der Waals surface area (Å²) in [5.74, 6) is 1.34. The molecule has 0 aromatic heterocycles. The lowest BCUT2D eigenvalue weighted by atomic mass is 9.98. The maximum atomic E-state index is 13.6.